The average molecular weight is 517 g/mol. The fourth-order valence-corrected chi connectivity index (χ4v) is 5.68. The second-order valence-electron chi connectivity index (χ2n) is 10.7. The van der Waals surface area contributed by atoms with Crippen LogP contribution >= 0.6 is 0 Å². The van der Waals surface area contributed by atoms with Gasteiger partial charge in [-0.25, -0.2) is 19.0 Å². The first kappa shape index (κ1) is 24.5. The summed E-state index contributed by atoms with van der Waals surface area (Å²) in [4.78, 5) is 18.9. The molecule has 0 bridgehead atoms. The van der Waals surface area contributed by atoms with Gasteiger partial charge in [-0.3, -0.25) is 10.00 Å². The van der Waals surface area contributed by atoms with E-state index in [-0.39, 0.29) is 11.9 Å². The molecule has 2 N–H and O–H groups in total. The molecule has 1 atom stereocenters. The third kappa shape index (κ3) is 4.98. The van der Waals surface area contributed by atoms with Crippen molar-refractivity contribution in [1.29, 1.82) is 0 Å². The predicted molar refractivity (Wildman–Crippen MR) is 143 cm³/mol. The molecule has 0 aliphatic carbocycles. The Kier molecular flexibility index (Phi) is 6.30. The number of pyridine rings is 1. The van der Waals surface area contributed by atoms with Gasteiger partial charge in [0.05, 0.1) is 12.4 Å². The summed E-state index contributed by atoms with van der Waals surface area (Å²) in [5.41, 5.74) is 3.42. The molecule has 4 aromatic heterocycles. The third-order valence-corrected chi connectivity index (χ3v) is 7.97. The number of halogens is 1. The fourth-order valence-electron chi connectivity index (χ4n) is 5.68. The van der Waals surface area contributed by atoms with Crippen LogP contribution in [0.1, 0.15) is 49.2 Å². The van der Waals surface area contributed by atoms with Crippen molar-refractivity contribution in [3.05, 3.63) is 65.6 Å². The first-order valence-corrected chi connectivity index (χ1v) is 13.2. The molecule has 6 rings (SSSR count). The first-order chi connectivity index (χ1) is 18.4. The lowest BCUT2D eigenvalue weighted by Gasteiger charge is -2.40. The average Bonchev–Trinajstić information content (AvgIpc) is 3.64. The number of hydrogen-bond donors (Lipinski definition) is 2. The van der Waals surface area contributed by atoms with E-state index in [2.05, 4.69) is 48.4 Å². The van der Waals surface area contributed by atoms with Gasteiger partial charge >= 0.3 is 0 Å². The second-order valence-corrected chi connectivity index (χ2v) is 10.7. The van der Waals surface area contributed by atoms with Crippen LogP contribution in [0, 0.1) is 25.1 Å². The Morgan fingerprint density at radius 1 is 1.03 bits per heavy atom. The lowest BCUT2D eigenvalue weighted by atomic mass is 9.78. The summed E-state index contributed by atoms with van der Waals surface area (Å²) >= 11 is 0. The van der Waals surface area contributed by atoms with Crippen LogP contribution in [-0.4, -0.2) is 66.0 Å². The van der Waals surface area contributed by atoms with E-state index in [0.29, 0.717) is 11.2 Å². The van der Waals surface area contributed by atoms with Crippen molar-refractivity contribution in [3.8, 4) is 5.82 Å². The minimum Gasteiger partial charge on any atom is -0.341 e. The summed E-state index contributed by atoms with van der Waals surface area (Å²) < 4.78 is 14.8. The van der Waals surface area contributed by atoms with Crippen molar-refractivity contribution < 1.29 is 4.39 Å². The van der Waals surface area contributed by atoms with Gasteiger partial charge in [0.15, 0.2) is 17.5 Å². The molecular formula is C27H33FN10. The lowest BCUT2D eigenvalue weighted by Crippen LogP contribution is -2.42. The molecule has 11 heteroatoms. The summed E-state index contributed by atoms with van der Waals surface area (Å²) in [6, 6.07) is 8.15. The van der Waals surface area contributed by atoms with E-state index in [4.69, 9.17) is 9.97 Å². The molecule has 1 unspecified atom stereocenters. The van der Waals surface area contributed by atoms with Crippen LogP contribution in [0.5, 0.6) is 0 Å². The molecular weight excluding hydrogens is 483 g/mol. The molecule has 0 amide bonds. The van der Waals surface area contributed by atoms with E-state index in [1.165, 1.54) is 23.5 Å². The highest BCUT2D eigenvalue weighted by Gasteiger charge is 2.42. The number of aromatic amines is 1. The molecule has 6 heterocycles. The van der Waals surface area contributed by atoms with Crippen molar-refractivity contribution in [2.45, 2.75) is 46.1 Å². The zero-order valence-corrected chi connectivity index (χ0v) is 22.0. The molecule has 0 radical (unpaired) electrons. The van der Waals surface area contributed by atoms with Gasteiger partial charge in [-0.05, 0) is 63.6 Å². The van der Waals surface area contributed by atoms with Crippen molar-refractivity contribution >= 4 is 17.6 Å². The van der Waals surface area contributed by atoms with Gasteiger partial charge in [-0.15, -0.1) is 0 Å². The van der Waals surface area contributed by atoms with Crippen LogP contribution in [0.4, 0.5) is 22.0 Å². The Bertz CT molecular complexity index is 1400. The number of hydrogen-bond acceptors (Lipinski definition) is 8. The molecule has 0 aromatic carbocycles. The molecule has 4 aromatic rings. The number of H-pyrrole nitrogens is 1. The molecule has 2 fully saturated rings. The normalized spacial score (nSPS) is 18.3. The topological polar surface area (TPSA) is 104 Å². The van der Waals surface area contributed by atoms with Gasteiger partial charge in [-0.2, -0.15) is 15.2 Å². The molecule has 1 spiro atoms. The minimum absolute atomic E-state index is 0.266. The molecule has 0 saturated carbocycles. The maximum absolute atomic E-state index is 13.3. The van der Waals surface area contributed by atoms with E-state index in [9.17, 15) is 4.39 Å². The summed E-state index contributed by atoms with van der Waals surface area (Å²) in [6.07, 6.45) is 7.85. The van der Waals surface area contributed by atoms with E-state index in [1.807, 2.05) is 38.2 Å². The lowest BCUT2D eigenvalue weighted by molar-refractivity contribution is 0.183. The maximum Gasteiger partial charge on any atom is 0.227 e. The van der Waals surface area contributed by atoms with Crippen molar-refractivity contribution in [3.63, 3.8) is 0 Å². The second kappa shape index (κ2) is 9.79. The zero-order chi connectivity index (χ0) is 26.3. The molecule has 2 aliphatic heterocycles. The molecule has 10 nitrogen and oxygen atoms in total. The van der Waals surface area contributed by atoms with Crippen molar-refractivity contribution in [2.75, 3.05) is 36.4 Å². The third-order valence-electron chi connectivity index (χ3n) is 7.97. The number of rotatable bonds is 6. The number of piperidine rings is 1. The minimum atomic E-state index is -0.368. The van der Waals surface area contributed by atoms with Crippen LogP contribution in [0.15, 0.2) is 42.9 Å². The number of likely N-dealkylation sites (tertiary alicyclic amines) is 1. The van der Waals surface area contributed by atoms with Crippen LogP contribution < -0.4 is 10.2 Å². The smallest absolute Gasteiger partial charge is 0.227 e. The molecule has 38 heavy (non-hydrogen) atoms. The van der Waals surface area contributed by atoms with Crippen molar-refractivity contribution in [2.24, 2.45) is 5.41 Å². The molecule has 2 saturated heterocycles. The monoisotopic (exact) mass is 516 g/mol. The SMILES string of the molecule is Cc1cc(Nc2cc(C)[nH]n2)nc(N2CCC3(CC2)CCN(C(C)c2ccc(-n4cc(F)cn4)nc2)C3)n1. The van der Waals surface area contributed by atoms with Gasteiger partial charge in [0, 0.05) is 55.4 Å². The fraction of sp³-hybridized carbons (Fsp3) is 0.444. The first-order valence-electron chi connectivity index (χ1n) is 13.2. The Hall–Kier alpha value is -3.86. The largest absolute Gasteiger partial charge is 0.341 e. The van der Waals surface area contributed by atoms with Crippen LogP contribution in [-0.2, 0) is 0 Å². The molecule has 2 aliphatic rings. The van der Waals surface area contributed by atoms with Crippen LogP contribution in [0.2, 0.25) is 0 Å². The van der Waals surface area contributed by atoms with Gasteiger partial charge in [0.1, 0.15) is 5.82 Å². The highest BCUT2D eigenvalue weighted by Crippen LogP contribution is 2.43. The van der Waals surface area contributed by atoms with Crippen LogP contribution in [0.25, 0.3) is 5.82 Å². The number of nitrogens with zero attached hydrogens (tertiary/aromatic N) is 8. The van der Waals surface area contributed by atoms with Gasteiger partial charge < -0.3 is 10.2 Å². The van der Waals surface area contributed by atoms with E-state index >= 15 is 0 Å². The van der Waals surface area contributed by atoms with Gasteiger partial charge in [-0.1, -0.05) is 6.07 Å². The summed E-state index contributed by atoms with van der Waals surface area (Å²) in [7, 11) is 0. The summed E-state index contributed by atoms with van der Waals surface area (Å²) in [5.74, 6) is 2.54. The summed E-state index contributed by atoms with van der Waals surface area (Å²) in [5, 5.41) is 14.5. The highest BCUT2D eigenvalue weighted by atomic mass is 19.1. The number of nitrogens with one attached hydrogen (secondary N) is 2. The van der Waals surface area contributed by atoms with Crippen LogP contribution in [0.3, 0.4) is 0 Å². The van der Waals surface area contributed by atoms with E-state index in [0.717, 1.165) is 73.6 Å². The number of aryl methyl sites for hydroxylation is 2. The molecule has 198 valence electrons. The van der Waals surface area contributed by atoms with E-state index in [1.54, 1.807) is 0 Å². The van der Waals surface area contributed by atoms with E-state index < -0.39 is 0 Å². The van der Waals surface area contributed by atoms with Crippen molar-refractivity contribution in [1.82, 2.24) is 39.8 Å². The zero-order valence-electron chi connectivity index (χ0n) is 22.0. The Labute approximate surface area is 221 Å². The highest BCUT2D eigenvalue weighted by molar-refractivity contribution is 5.54. The Morgan fingerprint density at radius 2 is 1.84 bits per heavy atom. The standard InChI is InChI=1S/C27H33FN10/c1-18-12-23(32-24-13-19(2)34-35-24)33-26(31-18)36-9-6-27(7-10-36)8-11-37(17-27)20(3)21-4-5-25(29-14-21)38-16-22(28)15-30-38/h4-5,12-16,20H,6-11,17H2,1-3H3,(H2,31,32,33,34,35). The maximum atomic E-state index is 13.3. The Morgan fingerprint density at radius 3 is 2.53 bits per heavy atom. The summed E-state index contributed by atoms with van der Waals surface area (Å²) in [6.45, 7) is 10.3. The number of anilines is 3. The van der Waals surface area contributed by atoms with Gasteiger partial charge in [0.25, 0.3) is 0 Å². The quantitative estimate of drug-likeness (QED) is 0.390. The number of aromatic nitrogens is 7. The van der Waals surface area contributed by atoms with Gasteiger partial charge in [0.2, 0.25) is 5.95 Å². The predicted octanol–water partition coefficient (Wildman–Crippen LogP) is 4.33. The Balaban J connectivity index is 1.08.